The first kappa shape index (κ1) is 13.6. The van der Waals surface area contributed by atoms with Gasteiger partial charge in [-0.25, -0.2) is 0 Å². The first-order valence-corrected chi connectivity index (χ1v) is 7.87. The lowest BCUT2D eigenvalue weighted by molar-refractivity contribution is -0.124. The summed E-state index contributed by atoms with van der Waals surface area (Å²) in [5.74, 6) is 0.752. The molecule has 1 aromatic rings. The molecule has 3 rings (SSSR count). The van der Waals surface area contributed by atoms with E-state index >= 15 is 0 Å². The van der Waals surface area contributed by atoms with E-state index in [4.69, 9.17) is 0 Å². The second-order valence-electron chi connectivity index (χ2n) is 6.21. The van der Waals surface area contributed by atoms with Crippen molar-refractivity contribution >= 4 is 5.91 Å². The van der Waals surface area contributed by atoms with E-state index in [9.17, 15) is 4.79 Å². The van der Waals surface area contributed by atoms with Crippen molar-refractivity contribution in [1.82, 2.24) is 10.6 Å². The first-order chi connectivity index (χ1) is 9.75. The Morgan fingerprint density at radius 3 is 2.90 bits per heavy atom. The van der Waals surface area contributed by atoms with Crippen LogP contribution in [0.15, 0.2) is 24.3 Å². The van der Waals surface area contributed by atoms with Crippen LogP contribution in [0.4, 0.5) is 0 Å². The van der Waals surface area contributed by atoms with Gasteiger partial charge in [-0.05, 0) is 36.3 Å². The molecule has 3 atom stereocenters. The standard InChI is InChI=1S/C17H24N2O/c1-12-6-2-5-9-15(12)19-17(20)16-14-8-4-3-7-13(14)10-11-18-16/h3-4,7-8,12,15-16,18H,2,5-6,9-11H2,1H3,(H,19,20). The van der Waals surface area contributed by atoms with Crippen LogP contribution in [0.1, 0.15) is 49.8 Å². The molecule has 2 aliphatic rings. The van der Waals surface area contributed by atoms with E-state index in [1.807, 2.05) is 6.07 Å². The van der Waals surface area contributed by atoms with Crippen LogP contribution in [0.25, 0.3) is 0 Å². The van der Waals surface area contributed by atoms with Gasteiger partial charge in [-0.3, -0.25) is 4.79 Å². The SMILES string of the molecule is CC1CCCCC1NC(=O)C1NCCc2ccccc21. The predicted octanol–water partition coefficient (Wildman–Crippen LogP) is 2.57. The van der Waals surface area contributed by atoms with Crippen molar-refractivity contribution in [3.05, 3.63) is 35.4 Å². The topological polar surface area (TPSA) is 41.1 Å². The predicted molar refractivity (Wildman–Crippen MR) is 80.5 cm³/mol. The van der Waals surface area contributed by atoms with Gasteiger partial charge in [0.25, 0.3) is 0 Å². The summed E-state index contributed by atoms with van der Waals surface area (Å²) in [4.78, 5) is 12.6. The van der Waals surface area contributed by atoms with Crippen LogP contribution < -0.4 is 10.6 Å². The number of carbonyl (C=O) groups excluding carboxylic acids is 1. The van der Waals surface area contributed by atoms with Crippen LogP contribution in [0.2, 0.25) is 0 Å². The number of nitrogens with one attached hydrogen (secondary N) is 2. The van der Waals surface area contributed by atoms with Gasteiger partial charge in [0.05, 0.1) is 0 Å². The number of rotatable bonds is 2. The molecule has 0 aromatic heterocycles. The van der Waals surface area contributed by atoms with Gasteiger partial charge in [0.1, 0.15) is 6.04 Å². The highest BCUT2D eigenvalue weighted by atomic mass is 16.2. The summed E-state index contributed by atoms with van der Waals surface area (Å²) >= 11 is 0. The molecule has 1 fully saturated rings. The van der Waals surface area contributed by atoms with E-state index in [1.54, 1.807) is 0 Å². The molecule has 108 valence electrons. The van der Waals surface area contributed by atoms with Crippen molar-refractivity contribution in [3.63, 3.8) is 0 Å². The normalized spacial score (nSPS) is 29.6. The number of amides is 1. The highest BCUT2D eigenvalue weighted by molar-refractivity contribution is 5.84. The Morgan fingerprint density at radius 2 is 2.05 bits per heavy atom. The molecule has 0 saturated heterocycles. The highest BCUT2D eigenvalue weighted by Gasteiger charge is 2.29. The summed E-state index contributed by atoms with van der Waals surface area (Å²) in [6, 6.07) is 8.48. The smallest absolute Gasteiger partial charge is 0.241 e. The molecule has 2 N–H and O–H groups in total. The zero-order valence-electron chi connectivity index (χ0n) is 12.2. The quantitative estimate of drug-likeness (QED) is 0.869. The number of fused-ring (bicyclic) bond motifs is 1. The molecule has 0 radical (unpaired) electrons. The zero-order chi connectivity index (χ0) is 13.9. The van der Waals surface area contributed by atoms with Gasteiger partial charge in [-0.2, -0.15) is 0 Å². The zero-order valence-corrected chi connectivity index (χ0v) is 12.2. The molecular formula is C17H24N2O. The number of hydrogen-bond donors (Lipinski definition) is 2. The maximum Gasteiger partial charge on any atom is 0.241 e. The average molecular weight is 272 g/mol. The van der Waals surface area contributed by atoms with E-state index in [2.05, 4.69) is 35.8 Å². The van der Waals surface area contributed by atoms with Gasteiger partial charge in [0, 0.05) is 12.6 Å². The lowest BCUT2D eigenvalue weighted by atomic mass is 9.85. The summed E-state index contributed by atoms with van der Waals surface area (Å²) in [7, 11) is 0. The fraction of sp³-hybridized carbons (Fsp3) is 0.588. The third-order valence-electron chi connectivity index (χ3n) is 4.81. The molecule has 1 aliphatic carbocycles. The first-order valence-electron chi connectivity index (χ1n) is 7.87. The van der Waals surface area contributed by atoms with Gasteiger partial charge < -0.3 is 10.6 Å². The summed E-state index contributed by atoms with van der Waals surface area (Å²) in [5.41, 5.74) is 2.46. The van der Waals surface area contributed by atoms with Crippen LogP contribution in [0.5, 0.6) is 0 Å². The molecule has 0 bridgehead atoms. The molecule has 20 heavy (non-hydrogen) atoms. The van der Waals surface area contributed by atoms with Gasteiger partial charge in [0.15, 0.2) is 0 Å². The lowest BCUT2D eigenvalue weighted by Gasteiger charge is -2.32. The minimum Gasteiger partial charge on any atom is -0.351 e. The molecule has 3 unspecified atom stereocenters. The van der Waals surface area contributed by atoms with Gasteiger partial charge in [-0.1, -0.05) is 44.0 Å². The summed E-state index contributed by atoms with van der Waals surface area (Å²) in [5, 5.41) is 6.65. The van der Waals surface area contributed by atoms with Crippen LogP contribution in [-0.4, -0.2) is 18.5 Å². The Labute approximate surface area is 121 Å². The van der Waals surface area contributed by atoms with E-state index in [0.29, 0.717) is 12.0 Å². The van der Waals surface area contributed by atoms with E-state index in [0.717, 1.165) is 24.9 Å². The van der Waals surface area contributed by atoms with Gasteiger partial charge >= 0.3 is 0 Å². The Bertz CT molecular complexity index is 486. The fourth-order valence-corrected chi connectivity index (χ4v) is 3.54. The lowest BCUT2D eigenvalue weighted by Crippen LogP contribution is -2.47. The summed E-state index contributed by atoms with van der Waals surface area (Å²) in [6.45, 7) is 3.14. The largest absolute Gasteiger partial charge is 0.351 e. The molecule has 1 amide bonds. The third-order valence-corrected chi connectivity index (χ3v) is 4.81. The number of carbonyl (C=O) groups is 1. The second kappa shape index (κ2) is 5.96. The third kappa shape index (κ3) is 2.73. The summed E-state index contributed by atoms with van der Waals surface area (Å²) in [6.07, 6.45) is 5.92. The molecule has 1 aliphatic heterocycles. The number of benzene rings is 1. The van der Waals surface area contributed by atoms with E-state index < -0.39 is 0 Å². The fourth-order valence-electron chi connectivity index (χ4n) is 3.54. The molecule has 3 heteroatoms. The Morgan fingerprint density at radius 1 is 1.25 bits per heavy atom. The Balaban J connectivity index is 1.72. The minimum absolute atomic E-state index is 0.149. The van der Waals surface area contributed by atoms with Crippen molar-refractivity contribution in [2.45, 2.75) is 51.1 Å². The van der Waals surface area contributed by atoms with Crippen molar-refractivity contribution in [2.75, 3.05) is 6.54 Å². The maximum absolute atomic E-state index is 12.6. The van der Waals surface area contributed by atoms with Crippen molar-refractivity contribution in [3.8, 4) is 0 Å². The molecule has 1 heterocycles. The van der Waals surface area contributed by atoms with Crippen LogP contribution in [-0.2, 0) is 11.2 Å². The van der Waals surface area contributed by atoms with Crippen LogP contribution in [0, 0.1) is 5.92 Å². The molecule has 3 nitrogen and oxygen atoms in total. The average Bonchev–Trinajstić information content (AvgIpc) is 2.49. The maximum atomic E-state index is 12.6. The van der Waals surface area contributed by atoms with Crippen LogP contribution >= 0.6 is 0 Å². The van der Waals surface area contributed by atoms with Gasteiger partial charge in [-0.15, -0.1) is 0 Å². The Kier molecular flexibility index (Phi) is 4.06. The van der Waals surface area contributed by atoms with Crippen molar-refractivity contribution in [1.29, 1.82) is 0 Å². The number of hydrogen-bond acceptors (Lipinski definition) is 2. The van der Waals surface area contributed by atoms with E-state index in [1.165, 1.54) is 24.8 Å². The van der Waals surface area contributed by atoms with Crippen molar-refractivity contribution < 1.29 is 4.79 Å². The second-order valence-corrected chi connectivity index (χ2v) is 6.21. The highest BCUT2D eigenvalue weighted by Crippen LogP contribution is 2.26. The molecule has 0 spiro atoms. The molecular weight excluding hydrogens is 248 g/mol. The van der Waals surface area contributed by atoms with Crippen molar-refractivity contribution in [2.24, 2.45) is 5.92 Å². The molecule has 1 saturated carbocycles. The van der Waals surface area contributed by atoms with Gasteiger partial charge in [0.2, 0.25) is 5.91 Å². The van der Waals surface area contributed by atoms with Crippen LogP contribution in [0.3, 0.4) is 0 Å². The Hall–Kier alpha value is -1.35. The summed E-state index contributed by atoms with van der Waals surface area (Å²) < 4.78 is 0. The monoisotopic (exact) mass is 272 g/mol. The molecule has 1 aromatic carbocycles. The van der Waals surface area contributed by atoms with E-state index in [-0.39, 0.29) is 11.9 Å². The minimum atomic E-state index is -0.172.